The molecule has 1 atom stereocenters. The van der Waals surface area contributed by atoms with E-state index in [1.165, 1.54) is 0 Å². The van der Waals surface area contributed by atoms with Crippen LogP contribution in [0.1, 0.15) is 10.4 Å². The molecule has 1 aliphatic rings. The molecule has 0 spiro atoms. The maximum Gasteiger partial charge on any atom is 0.252 e. The zero-order valence-corrected chi connectivity index (χ0v) is 16.7. The Morgan fingerprint density at radius 3 is 2.23 bits per heavy atom. The van der Waals surface area contributed by atoms with Gasteiger partial charge in [-0.05, 0) is 35.0 Å². The Morgan fingerprint density at radius 2 is 1.53 bits per heavy atom. The smallest absolute Gasteiger partial charge is 0.252 e. The van der Waals surface area contributed by atoms with E-state index in [0.717, 1.165) is 16.5 Å². The summed E-state index contributed by atoms with van der Waals surface area (Å²) < 4.78 is 0. The Balaban J connectivity index is 1.38. The van der Waals surface area contributed by atoms with E-state index in [1.807, 2.05) is 48.5 Å². The molecule has 3 aromatic rings. The van der Waals surface area contributed by atoms with Crippen molar-refractivity contribution in [3.8, 4) is 0 Å². The van der Waals surface area contributed by atoms with Gasteiger partial charge in [0, 0.05) is 37.4 Å². The van der Waals surface area contributed by atoms with Crippen molar-refractivity contribution in [3.63, 3.8) is 0 Å². The number of anilines is 1. The first-order valence-corrected chi connectivity index (χ1v) is 10.1. The molecule has 0 aliphatic carbocycles. The minimum absolute atomic E-state index is 0.251. The van der Waals surface area contributed by atoms with Gasteiger partial charge in [0.15, 0.2) is 0 Å². The van der Waals surface area contributed by atoms with Gasteiger partial charge in [-0.1, -0.05) is 48.5 Å². The molecular weight excluding hydrogens is 378 g/mol. The van der Waals surface area contributed by atoms with Crippen LogP contribution < -0.4 is 10.2 Å². The number of piperazine rings is 1. The Hall–Kier alpha value is -3.38. The van der Waals surface area contributed by atoms with E-state index in [4.69, 9.17) is 0 Å². The normalized spacial score (nSPS) is 15.1. The summed E-state index contributed by atoms with van der Waals surface area (Å²) in [6, 6.07) is 22.3. The molecule has 6 heteroatoms. The average Bonchev–Trinajstić information content (AvgIpc) is 2.82. The molecule has 0 saturated carbocycles. The average molecular weight is 403 g/mol. The number of aliphatic hydroxyl groups excluding tert-OH is 1. The fourth-order valence-corrected chi connectivity index (χ4v) is 3.80. The first-order chi connectivity index (χ1) is 14.7. The molecule has 1 heterocycles. The number of carbonyl (C=O) groups is 2. The lowest BCUT2D eigenvalue weighted by atomic mass is 10.1. The van der Waals surface area contributed by atoms with Crippen LogP contribution in [-0.2, 0) is 4.79 Å². The van der Waals surface area contributed by atoms with Crippen LogP contribution >= 0.6 is 0 Å². The predicted octanol–water partition coefficient (Wildman–Crippen LogP) is 2.28. The number of rotatable bonds is 5. The van der Waals surface area contributed by atoms with Gasteiger partial charge in [-0.2, -0.15) is 0 Å². The summed E-state index contributed by atoms with van der Waals surface area (Å²) in [5, 5.41) is 14.4. The van der Waals surface area contributed by atoms with Gasteiger partial charge in [0.25, 0.3) is 5.91 Å². The van der Waals surface area contributed by atoms with Crippen LogP contribution in [-0.4, -0.2) is 60.6 Å². The Labute approximate surface area is 175 Å². The highest BCUT2D eigenvalue weighted by Gasteiger charge is 2.28. The molecule has 2 amide bonds. The third-order valence-corrected chi connectivity index (χ3v) is 5.51. The van der Waals surface area contributed by atoms with Gasteiger partial charge in [0.1, 0.15) is 6.04 Å². The van der Waals surface area contributed by atoms with Crippen molar-refractivity contribution in [2.24, 2.45) is 0 Å². The fourth-order valence-electron chi connectivity index (χ4n) is 3.80. The molecule has 1 saturated heterocycles. The van der Waals surface area contributed by atoms with Gasteiger partial charge in [-0.15, -0.1) is 0 Å². The highest BCUT2D eigenvalue weighted by Crippen LogP contribution is 2.17. The Bertz CT molecular complexity index is 1030. The lowest BCUT2D eigenvalue weighted by Crippen LogP contribution is -2.56. The number of aliphatic hydroxyl groups is 1. The van der Waals surface area contributed by atoms with Gasteiger partial charge in [0.2, 0.25) is 5.91 Å². The summed E-state index contributed by atoms with van der Waals surface area (Å²) in [7, 11) is 0. The van der Waals surface area contributed by atoms with Crippen molar-refractivity contribution >= 4 is 28.3 Å². The van der Waals surface area contributed by atoms with Crippen LogP contribution in [0.5, 0.6) is 0 Å². The molecule has 0 bridgehead atoms. The van der Waals surface area contributed by atoms with Crippen LogP contribution in [0.3, 0.4) is 0 Å². The molecule has 154 valence electrons. The predicted molar refractivity (Wildman–Crippen MR) is 118 cm³/mol. The zero-order chi connectivity index (χ0) is 20.9. The quantitative estimate of drug-likeness (QED) is 0.686. The molecule has 0 radical (unpaired) electrons. The summed E-state index contributed by atoms with van der Waals surface area (Å²) in [4.78, 5) is 29.5. The third kappa shape index (κ3) is 4.28. The molecule has 4 rings (SSSR count). The highest BCUT2D eigenvalue weighted by atomic mass is 16.3. The van der Waals surface area contributed by atoms with E-state index >= 15 is 0 Å². The van der Waals surface area contributed by atoms with E-state index in [-0.39, 0.29) is 11.8 Å². The largest absolute Gasteiger partial charge is 0.394 e. The minimum atomic E-state index is -0.952. The second kappa shape index (κ2) is 8.97. The van der Waals surface area contributed by atoms with Crippen LogP contribution in [0.2, 0.25) is 0 Å². The van der Waals surface area contributed by atoms with Gasteiger partial charge < -0.3 is 20.2 Å². The first kappa shape index (κ1) is 19.9. The molecule has 2 N–H and O–H groups in total. The van der Waals surface area contributed by atoms with Gasteiger partial charge >= 0.3 is 0 Å². The van der Waals surface area contributed by atoms with Crippen molar-refractivity contribution in [1.29, 1.82) is 0 Å². The molecule has 0 aromatic heterocycles. The lowest BCUT2D eigenvalue weighted by molar-refractivity contribution is -0.134. The van der Waals surface area contributed by atoms with Gasteiger partial charge in [0.05, 0.1) is 6.61 Å². The van der Waals surface area contributed by atoms with Crippen LogP contribution in [0, 0.1) is 0 Å². The Kier molecular flexibility index (Phi) is 5.95. The van der Waals surface area contributed by atoms with E-state index in [1.54, 1.807) is 17.0 Å². The molecule has 1 fully saturated rings. The number of hydrogen-bond acceptors (Lipinski definition) is 4. The monoisotopic (exact) mass is 403 g/mol. The lowest BCUT2D eigenvalue weighted by Gasteiger charge is -2.37. The zero-order valence-electron chi connectivity index (χ0n) is 16.7. The van der Waals surface area contributed by atoms with E-state index in [9.17, 15) is 14.7 Å². The van der Waals surface area contributed by atoms with Crippen LogP contribution in [0.25, 0.3) is 10.8 Å². The fraction of sp³-hybridized carbons (Fsp3) is 0.250. The third-order valence-electron chi connectivity index (χ3n) is 5.51. The topological polar surface area (TPSA) is 72.9 Å². The molecule has 1 aliphatic heterocycles. The number of benzene rings is 3. The standard InChI is InChI=1S/C24H25N3O3/c28-17-22(25-23(29)20-11-10-18-6-4-5-7-19(18)16-20)24(30)27-14-12-26(13-15-27)21-8-2-1-3-9-21/h1-11,16,22,28H,12-15,17H2,(H,25,29)/t22-/m0/s1. The van der Waals surface area contributed by atoms with Crippen molar-refractivity contribution in [3.05, 3.63) is 78.4 Å². The number of amides is 2. The number of carbonyl (C=O) groups excluding carboxylic acids is 2. The van der Waals surface area contributed by atoms with E-state index < -0.39 is 12.6 Å². The maximum absolute atomic E-state index is 12.9. The summed E-state index contributed by atoms with van der Waals surface area (Å²) in [6.07, 6.45) is 0. The number of hydrogen-bond donors (Lipinski definition) is 2. The van der Waals surface area contributed by atoms with Crippen molar-refractivity contribution in [1.82, 2.24) is 10.2 Å². The molecule has 30 heavy (non-hydrogen) atoms. The number of fused-ring (bicyclic) bond motifs is 1. The summed E-state index contributed by atoms with van der Waals surface area (Å²) in [5.74, 6) is -0.615. The second-order valence-electron chi connectivity index (χ2n) is 7.42. The van der Waals surface area contributed by atoms with E-state index in [0.29, 0.717) is 31.7 Å². The molecular formula is C24H25N3O3. The molecule has 3 aromatic carbocycles. The van der Waals surface area contributed by atoms with Gasteiger partial charge in [-0.25, -0.2) is 0 Å². The van der Waals surface area contributed by atoms with E-state index in [2.05, 4.69) is 22.3 Å². The maximum atomic E-state index is 12.9. The second-order valence-corrected chi connectivity index (χ2v) is 7.42. The summed E-state index contributed by atoms with van der Waals surface area (Å²) >= 11 is 0. The van der Waals surface area contributed by atoms with Gasteiger partial charge in [-0.3, -0.25) is 9.59 Å². The first-order valence-electron chi connectivity index (χ1n) is 10.1. The number of nitrogens with zero attached hydrogens (tertiary/aromatic N) is 2. The van der Waals surface area contributed by atoms with Crippen molar-refractivity contribution in [2.75, 3.05) is 37.7 Å². The van der Waals surface area contributed by atoms with Crippen molar-refractivity contribution < 1.29 is 14.7 Å². The summed E-state index contributed by atoms with van der Waals surface area (Å²) in [5.41, 5.74) is 1.60. The van der Waals surface area contributed by atoms with Crippen LogP contribution in [0.4, 0.5) is 5.69 Å². The minimum Gasteiger partial charge on any atom is -0.394 e. The molecule has 6 nitrogen and oxygen atoms in total. The van der Waals surface area contributed by atoms with Crippen LogP contribution in [0.15, 0.2) is 72.8 Å². The number of para-hydroxylation sites is 1. The highest BCUT2D eigenvalue weighted by molar-refractivity contribution is 6.00. The van der Waals surface area contributed by atoms with Crippen molar-refractivity contribution in [2.45, 2.75) is 6.04 Å². The molecule has 0 unspecified atom stereocenters. The Morgan fingerprint density at radius 1 is 0.867 bits per heavy atom. The summed E-state index contributed by atoms with van der Waals surface area (Å²) in [6.45, 7) is 2.10. The SMILES string of the molecule is O=C(N[C@@H](CO)C(=O)N1CCN(c2ccccc2)CC1)c1ccc2ccccc2c1. The number of nitrogens with one attached hydrogen (secondary N) is 1.